The van der Waals surface area contributed by atoms with Crippen LogP contribution in [0.1, 0.15) is 18.9 Å². The van der Waals surface area contributed by atoms with E-state index < -0.39 is 10.0 Å². The molecule has 0 fully saturated rings. The maximum Gasteiger partial charge on any atom is 0.208 e. The quantitative estimate of drug-likeness (QED) is 0.844. The number of hydrogen-bond acceptors (Lipinski definition) is 3. The first kappa shape index (κ1) is 14.0. The van der Waals surface area contributed by atoms with Gasteiger partial charge in [0, 0.05) is 6.54 Å². The van der Waals surface area contributed by atoms with Crippen LogP contribution < -0.4 is 9.46 Å². The Hall–Kier alpha value is -1.07. The van der Waals surface area contributed by atoms with E-state index in [1.807, 2.05) is 38.1 Å². The lowest BCUT2D eigenvalue weighted by Crippen LogP contribution is -2.34. The average Bonchev–Trinajstić information content (AvgIpc) is 2.25. The fraction of sp³-hybridized carbons (Fsp3) is 0.500. The van der Waals surface area contributed by atoms with Gasteiger partial charge in [0.15, 0.2) is 0 Å². The molecule has 0 aliphatic heterocycles. The van der Waals surface area contributed by atoms with Gasteiger partial charge >= 0.3 is 0 Å². The third kappa shape index (κ3) is 5.19. The second kappa shape index (κ2) is 6.02. The van der Waals surface area contributed by atoms with Gasteiger partial charge in [-0.3, -0.25) is 0 Å². The molecule has 0 aliphatic rings. The Kier molecular flexibility index (Phi) is 4.96. The molecule has 0 spiro atoms. The van der Waals surface area contributed by atoms with Crippen LogP contribution in [0.5, 0.6) is 5.75 Å². The van der Waals surface area contributed by atoms with Crippen molar-refractivity contribution in [3.05, 3.63) is 29.8 Å². The van der Waals surface area contributed by atoms with Gasteiger partial charge in [0.1, 0.15) is 11.9 Å². The Morgan fingerprint density at radius 1 is 1.35 bits per heavy atom. The van der Waals surface area contributed by atoms with Crippen LogP contribution in [0.3, 0.4) is 0 Å². The van der Waals surface area contributed by atoms with E-state index in [1.54, 1.807) is 0 Å². The average molecular weight is 257 g/mol. The topological polar surface area (TPSA) is 55.4 Å². The SMILES string of the molecule is CC[C@@H](CNS(C)(=O)=O)Oc1ccccc1C. The van der Waals surface area contributed by atoms with Crippen molar-refractivity contribution >= 4 is 10.0 Å². The summed E-state index contributed by atoms with van der Waals surface area (Å²) in [6.07, 6.45) is 1.75. The normalized spacial score (nSPS) is 13.4. The van der Waals surface area contributed by atoms with Crippen LogP contribution in [0.15, 0.2) is 24.3 Å². The molecule has 0 bridgehead atoms. The van der Waals surface area contributed by atoms with E-state index in [1.165, 1.54) is 0 Å². The highest BCUT2D eigenvalue weighted by Gasteiger charge is 2.11. The number of rotatable bonds is 6. The highest BCUT2D eigenvalue weighted by molar-refractivity contribution is 7.88. The summed E-state index contributed by atoms with van der Waals surface area (Å²) in [5.41, 5.74) is 1.05. The Morgan fingerprint density at radius 3 is 2.53 bits per heavy atom. The minimum absolute atomic E-state index is 0.147. The number of sulfonamides is 1. The number of benzene rings is 1. The number of ether oxygens (including phenoxy) is 1. The Balaban J connectivity index is 2.61. The lowest BCUT2D eigenvalue weighted by molar-refractivity contribution is 0.199. The van der Waals surface area contributed by atoms with Gasteiger partial charge in [-0.05, 0) is 25.0 Å². The lowest BCUT2D eigenvalue weighted by Gasteiger charge is -2.18. The largest absolute Gasteiger partial charge is 0.489 e. The van der Waals surface area contributed by atoms with Crippen molar-refractivity contribution in [3.63, 3.8) is 0 Å². The summed E-state index contributed by atoms with van der Waals surface area (Å²) >= 11 is 0. The number of hydrogen-bond donors (Lipinski definition) is 1. The molecule has 96 valence electrons. The summed E-state index contributed by atoms with van der Waals surface area (Å²) in [7, 11) is -3.16. The molecule has 0 saturated carbocycles. The summed E-state index contributed by atoms with van der Waals surface area (Å²) < 4.78 is 30.2. The monoisotopic (exact) mass is 257 g/mol. The maximum atomic E-state index is 11.0. The van der Waals surface area contributed by atoms with Crippen LogP contribution in [-0.4, -0.2) is 27.3 Å². The van der Waals surface area contributed by atoms with E-state index >= 15 is 0 Å². The second-order valence-electron chi connectivity index (χ2n) is 4.03. The van der Waals surface area contributed by atoms with Crippen molar-refractivity contribution in [1.29, 1.82) is 0 Å². The molecular weight excluding hydrogens is 238 g/mol. The second-order valence-corrected chi connectivity index (χ2v) is 5.87. The fourth-order valence-corrected chi connectivity index (χ4v) is 1.87. The third-order valence-electron chi connectivity index (χ3n) is 2.42. The molecule has 1 atom stereocenters. The van der Waals surface area contributed by atoms with Crippen LogP contribution in [0, 0.1) is 6.92 Å². The molecule has 1 aromatic carbocycles. The van der Waals surface area contributed by atoms with Crippen molar-refractivity contribution in [2.45, 2.75) is 26.4 Å². The summed E-state index contributed by atoms with van der Waals surface area (Å²) in [5, 5.41) is 0. The van der Waals surface area contributed by atoms with E-state index in [0.717, 1.165) is 24.0 Å². The van der Waals surface area contributed by atoms with Gasteiger partial charge in [0.25, 0.3) is 0 Å². The molecule has 0 radical (unpaired) electrons. The first-order chi connectivity index (χ1) is 7.92. The molecule has 0 saturated heterocycles. The van der Waals surface area contributed by atoms with Crippen molar-refractivity contribution in [2.75, 3.05) is 12.8 Å². The van der Waals surface area contributed by atoms with E-state index in [0.29, 0.717) is 6.54 Å². The predicted octanol–water partition coefficient (Wildman–Crippen LogP) is 1.70. The molecule has 0 amide bonds. The molecule has 1 N–H and O–H groups in total. The molecule has 0 aliphatic carbocycles. The van der Waals surface area contributed by atoms with Crippen molar-refractivity contribution in [3.8, 4) is 5.75 Å². The van der Waals surface area contributed by atoms with E-state index in [2.05, 4.69) is 4.72 Å². The van der Waals surface area contributed by atoms with Gasteiger partial charge in [-0.1, -0.05) is 25.1 Å². The van der Waals surface area contributed by atoms with E-state index in [4.69, 9.17) is 4.74 Å². The molecule has 0 aromatic heterocycles. The van der Waals surface area contributed by atoms with Crippen LogP contribution in [0.4, 0.5) is 0 Å². The van der Waals surface area contributed by atoms with Crippen LogP contribution >= 0.6 is 0 Å². The zero-order valence-corrected chi connectivity index (χ0v) is 11.3. The molecule has 5 heteroatoms. The fourth-order valence-electron chi connectivity index (χ4n) is 1.38. The van der Waals surface area contributed by atoms with Gasteiger partial charge < -0.3 is 4.74 Å². The molecule has 1 rings (SSSR count). The van der Waals surface area contributed by atoms with E-state index in [9.17, 15) is 8.42 Å². The number of aryl methyl sites for hydroxylation is 1. The van der Waals surface area contributed by atoms with Crippen LogP contribution in [-0.2, 0) is 10.0 Å². The van der Waals surface area contributed by atoms with Crippen molar-refractivity contribution in [1.82, 2.24) is 4.72 Å². The van der Waals surface area contributed by atoms with Crippen molar-refractivity contribution in [2.24, 2.45) is 0 Å². The molecule has 17 heavy (non-hydrogen) atoms. The highest BCUT2D eigenvalue weighted by atomic mass is 32.2. The van der Waals surface area contributed by atoms with E-state index in [-0.39, 0.29) is 6.10 Å². The predicted molar refractivity (Wildman–Crippen MR) is 68.7 cm³/mol. The molecule has 0 unspecified atom stereocenters. The maximum absolute atomic E-state index is 11.0. The van der Waals surface area contributed by atoms with Crippen LogP contribution in [0.25, 0.3) is 0 Å². The van der Waals surface area contributed by atoms with Crippen molar-refractivity contribution < 1.29 is 13.2 Å². The molecule has 4 nitrogen and oxygen atoms in total. The van der Waals surface area contributed by atoms with Gasteiger partial charge in [-0.2, -0.15) is 0 Å². The Morgan fingerprint density at radius 2 is 2.00 bits per heavy atom. The van der Waals surface area contributed by atoms with Gasteiger partial charge in [-0.25, -0.2) is 13.1 Å². The van der Waals surface area contributed by atoms with Gasteiger partial charge in [0.05, 0.1) is 6.26 Å². The molecule has 1 aromatic rings. The molecule has 0 heterocycles. The Labute approximate surface area is 103 Å². The standard InChI is InChI=1S/C12H19NO3S/c1-4-11(9-13-17(3,14)15)16-12-8-6-5-7-10(12)2/h5-8,11,13H,4,9H2,1-3H3/t11-/m0/s1. The molecular formula is C12H19NO3S. The first-order valence-corrected chi connectivity index (χ1v) is 7.48. The summed E-state index contributed by atoms with van der Waals surface area (Å²) in [4.78, 5) is 0. The highest BCUT2D eigenvalue weighted by Crippen LogP contribution is 2.18. The Bertz CT molecular complexity index is 457. The zero-order chi connectivity index (χ0) is 12.9. The smallest absolute Gasteiger partial charge is 0.208 e. The summed E-state index contributed by atoms with van der Waals surface area (Å²) in [5.74, 6) is 0.801. The minimum Gasteiger partial charge on any atom is -0.489 e. The first-order valence-electron chi connectivity index (χ1n) is 5.59. The van der Waals surface area contributed by atoms with Gasteiger partial charge in [-0.15, -0.1) is 0 Å². The third-order valence-corrected chi connectivity index (χ3v) is 3.11. The summed E-state index contributed by atoms with van der Waals surface area (Å²) in [6, 6.07) is 7.70. The lowest BCUT2D eigenvalue weighted by atomic mass is 10.2. The zero-order valence-electron chi connectivity index (χ0n) is 10.4. The number of nitrogens with one attached hydrogen (secondary N) is 1. The number of para-hydroxylation sites is 1. The van der Waals surface area contributed by atoms with Gasteiger partial charge in [0.2, 0.25) is 10.0 Å². The van der Waals surface area contributed by atoms with Crippen LogP contribution in [0.2, 0.25) is 0 Å². The summed E-state index contributed by atoms with van der Waals surface area (Å²) in [6.45, 7) is 4.22. The minimum atomic E-state index is -3.16.